The number of rotatable bonds is 5. The van der Waals surface area contributed by atoms with Gasteiger partial charge in [0.05, 0.1) is 19.3 Å². The summed E-state index contributed by atoms with van der Waals surface area (Å²) in [5, 5.41) is 13.2. The van der Waals surface area contributed by atoms with Crippen LogP contribution < -0.4 is 10.1 Å². The van der Waals surface area contributed by atoms with Gasteiger partial charge in [-0.25, -0.2) is 4.79 Å². The van der Waals surface area contributed by atoms with Gasteiger partial charge in [-0.2, -0.15) is 0 Å². The third-order valence-corrected chi connectivity index (χ3v) is 5.05. The number of carbonyl (C=O) groups excluding carboxylic acids is 1. The van der Waals surface area contributed by atoms with Crippen LogP contribution in [0.4, 0.5) is 4.79 Å². The van der Waals surface area contributed by atoms with Crippen LogP contribution in [0.25, 0.3) is 0 Å². The van der Waals surface area contributed by atoms with Gasteiger partial charge in [0.1, 0.15) is 12.4 Å². The number of carbonyl (C=O) groups is 1. The summed E-state index contributed by atoms with van der Waals surface area (Å²) in [6, 6.07) is 7.85. The number of urea groups is 1. The van der Waals surface area contributed by atoms with Gasteiger partial charge in [-0.1, -0.05) is 12.1 Å². The zero-order valence-electron chi connectivity index (χ0n) is 14.8. The lowest BCUT2D eigenvalue weighted by Crippen LogP contribution is -2.51. The van der Waals surface area contributed by atoms with E-state index in [2.05, 4.69) is 5.32 Å². The molecule has 0 aliphatic carbocycles. The molecular formula is C19H28N2O4. The Bertz CT molecular complexity index is 580. The average molecular weight is 348 g/mol. The standard InChI is InChI=1S/C19H28N2O4/c1-14-4-2-5-15(12-14)25-11-8-20-19(23)21-9-3-6-17(21)16-13-24-10-7-18(16)22/h2,4-5,12,16-18,22H,3,6-11,13H2,1H3,(H,20,23)/t16-,17-,18-/m1/s1. The average Bonchev–Trinajstić information content (AvgIpc) is 3.08. The summed E-state index contributed by atoms with van der Waals surface area (Å²) < 4.78 is 11.2. The molecule has 0 saturated carbocycles. The SMILES string of the molecule is Cc1cccc(OCCNC(=O)N2CCC[C@@H]2[C@H]2COCC[C@H]2O)c1. The number of aryl methyl sites for hydroxylation is 1. The molecule has 138 valence electrons. The van der Waals surface area contributed by atoms with Crippen molar-refractivity contribution in [2.75, 3.05) is 32.9 Å². The molecule has 2 saturated heterocycles. The Balaban J connectivity index is 1.45. The number of nitrogens with one attached hydrogen (secondary N) is 1. The Morgan fingerprint density at radius 2 is 2.32 bits per heavy atom. The van der Waals surface area contributed by atoms with Crippen molar-refractivity contribution in [3.63, 3.8) is 0 Å². The van der Waals surface area contributed by atoms with Crippen molar-refractivity contribution in [1.29, 1.82) is 0 Å². The van der Waals surface area contributed by atoms with E-state index in [0.29, 0.717) is 32.8 Å². The molecular weight excluding hydrogens is 320 g/mol. The number of benzene rings is 1. The lowest BCUT2D eigenvalue weighted by atomic mass is 9.89. The first-order chi connectivity index (χ1) is 12.1. The zero-order valence-corrected chi connectivity index (χ0v) is 14.8. The van der Waals surface area contributed by atoms with E-state index in [9.17, 15) is 9.90 Å². The monoisotopic (exact) mass is 348 g/mol. The molecule has 3 rings (SSSR count). The fourth-order valence-corrected chi connectivity index (χ4v) is 3.74. The van der Waals surface area contributed by atoms with Gasteiger partial charge in [0, 0.05) is 25.1 Å². The van der Waals surface area contributed by atoms with Crippen LogP contribution in [0.2, 0.25) is 0 Å². The van der Waals surface area contributed by atoms with Gasteiger partial charge in [-0.15, -0.1) is 0 Å². The summed E-state index contributed by atoms with van der Waals surface area (Å²) >= 11 is 0. The van der Waals surface area contributed by atoms with Crippen molar-refractivity contribution in [3.8, 4) is 5.75 Å². The minimum atomic E-state index is -0.378. The second-order valence-corrected chi connectivity index (χ2v) is 6.89. The van der Waals surface area contributed by atoms with E-state index in [1.54, 1.807) is 0 Å². The molecule has 1 aromatic rings. The van der Waals surface area contributed by atoms with E-state index in [0.717, 1.165) is 30.7 Å². The van der Waals surface area contributed by atoms with Crippen molar-refractivity contribution in [3.05, 3.63) is 29.8 Å². The number of aliphatic hydroxyl groups excluding tert-OH is 1. The first kappa shape index (κ1) is 18.0. The molecule has 6 nitrogen and oxygen atoms in total. The molecule has 0 radical (unpaired) electrons. The van der Waals surface area contributed by atoms with Gasteiger partial charge in [-0.3, -0.25) is 0 Å². The summed E-state index contributed by atoms with van der Waals surface area (Å²) in [5.74, 6) is 0.835. The molecule has 3 atom stereocenters. The number of hydrogen-bond donors (Lipinski definition) is 2. The minimum absolute atomic E-state index is 0.0190. The van der Waals surface area contributed by atoms with Crippen molar-refractivity contribution in [2.45, 2.75) is 38.3 Å². The molecule has 2 heterocycles. The number of nitrogens with zero attached hydrogens (tertiary/aromatic N) is 1. The molecule has 2 aliphatic rings. The summed E-state index contributed by atoms with van der Waals surface area (Å²) in [6.45, 7) is 4.78. The highest BCUT2D eigenvalue weighted by atomic mass is 16.5. The lowest BCUT2D eigenvalue weighted by Gasteiger charge is -2.36. The van der Waals surface area contributed by atoms with E-state index >= 15 is 0 Å². The molecule has 0 bridgehead atoms. The van der Waals surface area contributed by atoms with Crippen molar-refractivity contribution in [2.24, 2.45) is 5.92 Å². The maximum atomic E-state index is 12.5. The largest absolute Gasteiger partial charge is 0.492 e. The highest BCUT2D eigenvalue weighted by molar-refractivity contribution is 5.74. The van der Waals surface area contributed by atoms with Crippen LogP contribution in [-0.2, 0) is 4.74 Å². The molecule has 25 heavy (non-hydrogen) atoms. The third kappa shape index (κ3) is 4.64. The van der Waals surface area contributed by atoms with E-state index < -0.39 is 0 Å². The smallest absolute Gasteiger partial charge is 0.317 e. The van der Waals surface area contributed by atoms with E-state index in [4.69, 9.17) is 9.47 Å². The molecule has 2 aliphatic heterocycles. The minimum Gasteiger partial charge on any atom is -0.492 e. The normalized spacial score (nSPS) is 26.5. The number of hydrogen-bond acceptors (Lipinski definition) is 4. The second kappa shape index (κ2) is 8.54. The number of ether oxygens (including phenoxy) is 2. The van der Waals surface area contributed by atoms with Gasteiger partial charge in [0.15, 0.2) is 0 Å². The third-order valence-electron chi connectivity index (χ3n) is 5.05. The van der Waals surface area contributed by atoms with Crippen LogP contribution in [0.3, 0.4) is 0 Å². The number of likely N-dealkylation sites (tertiary alicyclic amines) is 1. The van der Waals surface area contributed by atoms with Crippen LogP contribution in [0.1, 0.15) is 24.8 Å². The molecule has 6 heteroatoms. The Hall–Kier alpha value is -1.79. The van der Waals surface area contributed by atoms with Crippen LogP contribution in [0.5, 0.6) is 5.75 Å². The fourth-order valence-electron chi connectivity index (χ4n) is 3.74. The predicted octanol–water partition coefficient (Wildman–Crippen LogP) is 1.95. The quantitative estimate of drug-likeness (QED) is 0.798. The molecule has 2 amide bonds. The summed E-state index contributed by atoms with van der Waals surface area (Å²) in [5.41, 5.74) is 1.15. The highest BCUT2D eigenvalue weighted by Crippen LogP contribution is 2.29. The van der Waals surface area contributed by atoms with Gasteiger partial charge in [0.25, 0.3) is 0 Å². The fraction of sp³-hybridized carbons (Fsp3) is 0.632. The topological polar surface area (TPSA) is 71.0 Å². The summed E-state index contributed by atoms with van der Waals surface area (Å²) in [7, 11) is 0. The van der Waals surface area contributed by atoms with E-state index in [1.165, 1.54) is 0 Å². The molecule has 1 aromatic carbocycles. The van der Waals surface area contributed by atoms with Crippen LogP contribution >= 0.6 is 0 Å². The highest BCUT2D eigenvalue weighted by Gasteiger charge is 2.39. The Labute approximate surface area is 149 Å². The van der Waals surface area contributed by atoms with Gasteiger partial charge < -0.3 is 24.8 Å². The van der Waals surface area contributed by atoms with Crippen molar-refractivity contribution < 1.29 is 19.4 Å². The van der Waals surface area contributed by atoms with Gasteiger partial charge in [0.2, 0.25) is 0 Å². The first-order valence-electron chi connectivity index (χ1n) is 9.15. The number of aliphatic hydroxyl groups is 1. The first-order valence-corrected chi connectivity index (χ1v) is 9.15. The number of amides is 2. The van der Waals surface area contributed by atoms with Gasteiger partial charge in [-0.05, 0) is 43.9 Å². The lowest BCUT2D eigenvalue weighted by molar-refractivity contribution is -0.0576. The molecule has 0 aromatic heterocycles. The van der Waals surface area contributed by atoms with Crippen LogP contribution in [0.15, 0.2) is 24.3 Å². The van der Waals surface area contributed by atoms with Crippen LogP contribution in [-0.4, -0.2) is 61.1 Å². The Morgan fingerprint density at radius 3 is 3.12 bits per heavy atom. The van der Waals surface area contributed by atoms with Crippen molar-refractivity contribution >= 4 is 6.03 Å². The van der Waals surface area contributed by atoms with E-state index in [1.807, 2.05) is 36.1 Å². The van der Waals surface area contributed by atoms with Crippen molar-refractivity contribution in [1.82, 2.24) is 10.2 Å². The Kier molecular flexibility index (Phi) is 6.15. The molecule has 2 fully saturated rings. The summed E-state index contributed by atoms with van der Waals surface area (Å²) in [4.78, 5) is 14.4. The second-order valence-electron chi connectivity index (χ2n) is 6.89. The molecule has 2 N–H and O–H groups in total. The molecule has 0 spiro atoms. The van der Waals surface area contributed by atoms with Crippen LogP contribution in [0, 0.1) is 12.8 Å². The molecule has 0 unspecified atom stereocenters. The van der Waals surface area contributed by atoms with E-state index in [-0.39, 0.29) is 24.1 Å². The maximum Gasteiger partial charge on any atom is 0.317 e. The predicted molar refractivity (Wildman–Crippen MR) is 94.7 cm³/mol. The zero-order chi connectivity index (χ0) is 17.6. The maximum absolute atomic E-state index is 12.5. The Morgan fingerprint density at radius 1 is 1.44 bits per heavy atom. The summed E-state index contributed by atoms with van der Waals surface area (Å²) in [6.07, 6.45) is 2.18. The van der Waals surface area contributed by atoms with Gasteiger partial charge >= 0.3 is 6.03 Å².